The van der Waals surface area contributed by atoms with Crippen LogP contribution in [0.15, 0.2) is 41.8 Å². The SMILES string of the molecule is C=CC[C@@]1(S)Nc2ccccc2S1. The number of thiol groups is 1. The molecule has 1 N–H and O–H groups in total. The predicted octanol–water partition coefficient (Wildman–Crippen LogP) is 3.36. The molecule has 1 aromatic carbocycles. The Bertz CT molecular complexity index is 310. The van der Waals surface area contributed by atoms with Crippen molar-refractivity contribution in [2.24, 2.45) is 0 Å². The third-order valence-corrected chi connectivity index (χ3v) is 3.67. The molecule has 1 aliphatic heterocycles. The first kappa shape index (κ1) is 9.03. The van der Waals surface area contributed by atoms with Crippen LogP contribution in [0.4, 0.5) is 5.69 Å². The zero-order valence-electron chi connectivity index (χ0n) is 7.16. The average Bonchev–Trinajstić information content (AvgIpc) is 2.40. The van der Waals surface area contributed by atoms with Gasteiger partial charge in [0.25, 0.3) is 0 Å². The number of anilines is 1. The summed E-state index contributed by atoms with van der Waals surface area (Å²) in [5, 5.41) is 3.37. The van der Waals surface area contributed by atoms with Crippen LogP contribution < -0.4 is 5.32 Å². The highest BCUT2D eigenvalue weighted by molar-refractivity contribution is 8.12. The summed E-state index contributed by atoms with van der Waals surface area (Å²) >= 11 is 6.33. The van der Waals surface area contributed by atoms with E-state index in [1.54, 1.807) is 11.8 Å². The van der Waals surface area contributed by atoms with Crippen LogP contribution in [-0.2, 0) is 0 Å². The van der Waals surface area contributed by atoms with Crippen molar-refractivity contribution in [1.82, 2.24) is 0 Å². The van der Waals surface area contributed by atoms with Crippen LogP contribution in [0.3, 0.4) is 0 Å². The fraction of sp³-hybridized carbons (Fsp3) is 0.200. The molecule has 68 valence electrons. The van der Waals surface area contributed by atoms with Crippen LogP contribution in [-0.4, -0.2) is 4.20 Å². The van der Waals surface area contributed by atoms with E-state index in [1.807, 2.05) is 18.2 Å². The van der Waals surface area contributed by atoms with E-state index in [2.05, 4.69) is 36.7 Å². The van der Waals surface area contributed by atoms with E-state index in [0.717, 1.165) is 6.42 Å². The van der Waals surface area contributed by atoms with Crippen LogP contribution in [0.1, 0.15) is 6.42 Å². The molecule has 0 fully saturated rings. The van der Waals surface area contributed by atoms with E-state index < -0.39 is 0 Å². The van der Waals surface area contributed by atoms with Gasteiger partial charge in [-0.2, -0.15) is 0 Å². The minimum Gasteiger partial charge on any atom is -0.361 e. The Balaban J connectivity index is 2.26. The maximum absolute atomic E-state index is 4.59. The molecular formula is C10H11NS2. The van der Waals surface area contributed by atoms with Gasteiger partial charge >= 0.3 is 0 Å². The largest absolute Gasteiger partial charge is 0.361 e. The molecule has 3 heteroatoms. The first-order chi connectivity index (χ1) is 6.23. The maximum atomic E-state index is 4.59. The first-order valence-electron chi connectivity index (χ1n) is 4.13. The van der Waals surface area contributed by atoms with Gasteiger partial charge in [-0.05, 0) is 12.1 Å². The maximum Gasteiger partial charge on any atom is 0.136 e. The summed E-state index contributed by atoms with van der Waals surface area (Å²) in [5.74, 6) is 0. The Morgan fingerprint density at radius 3 is 3.00 bits per heavy atom. The third-order valence-electron chi connectivity index (χ3n) is 1.92. The van der Waals surface area contributed by atoms with Crippen molar-refractivity contribution in [3.63, 3.8) is 0 Å². The lowest BCUT2D eigenvalue weighted by molar-refractivity contribution is 0.953. The summed E-state index contributed by atoms with van der Waals surface area (Å²) in [6.07, 6.45) is 2.73. The molecule has 0 aliphatic carbocycles. The van der Waals surface area contributed by atoms with Gasteiger partial charge in [-0.3, -0.25) is 0 Å². The van der Waals surface area contributed by atoms with Gasteiger partial charge in [-0.25, -0.2) is 0 Å². The third kappa shape index (κ3) is 1.71. The predicted molar refractivity (Wildman–Crippen MR) is 62.5 cm³/mol. The Morgan fingerprint density at radius 1 is 1.54 bits per heavy atom. The van der Waals surface area contributed by atoms with Crippen LogP contribution in [0, 0.1) is 0 Å². The van der Waals surface area contributed by atoms with Crippen LogP contribution in [0.2, 0.25) is 0 Å². The second kappa shape index (κ2) is 3.31. The minimum absolute atomic E-state index is 0.203. The Kier molecular flexibility index (Phi) is 2.30. The average molecular weight is 209 g/mol. The van der Waals surface area contributed by atoms with Crippen LogP contribution in [0.5, 0.6) is 0 Å². The van der Waals surface area contributed by atoms with E-state index in [-0.39, 0.29) is 4.20 Å². The number of fused-ring (bicyclic) bond motifs is 1. The standard InChI is InChI=1S/C10H11NS2/c1-2-7-10(12)11-8-5-3-4-6-9(8)13-10/h2-6,11-12H,1,7H2/t10-/m0/s1. The summed E-state index contributed by atoms with van der Waals surface area (Å²) in [7, 11) is 0. The van der Waals surface area contributed by atoms with Crippen LogP contribution in [0.25, 0.3) is 0 Å². The van der Waals surface area contributed by atoms with Crippen molar-refractivity contribution in [3.05, 3.63) is 36.9 Å². The number of para-hydroxylation sites is 1. The molecule has 1 nitrogen and oxygen atoms in total. The van der Waals surface area contributed by atoms with Crippen molar-refractivity contribution in [1.29, 1.82) is 0 Å². The highest BCUT2D eigenvalue weighted by atomic mass is 32.2. The number of hydrogen-bond acceptors (Lipinski definition) is 3. The zero-order valence-corrected chi connectivity index (χ0v) is 8.87. The van der Waals surface area contributed by atoms with Gasteiger partial charge in [0.05, 0.1) is 0 Å². The van der Waals surface area contributed by atoms with E-state index in [0.29, 0.717) is 0 Å². The second-order valence-electron chi connectivity index (χ2n) is 3.00. The number of thioether (sulfide) groups is 1. The van der Waals surface area contributed by atoms with Crippen molar-refractivity contribution < 1.29 is 0 Å². The van der Waals surface area contributed by atoms with Crippen molar-refractivity contribution in [2.45, 2.75) is 15.5 Å². The molecule has 1 heterocycles. The molecule has 1 aliphatic rings. The highest BCUT2D eigenvalue weighted by Gasteiger charge is 2.32. The Hall–Kier alpha value is -0.540. The molecule has 0 unspecified atom stereocenters. The van der Waals surface area contributed by atoms with Gasteiger partial charge in [-0.1, -0.05) is 30.0 Å². The highest BCUT2D eigenvalue weighted by Crippen LogP contribution is 2.49. The smallest absolute Gasteiger partial charge is 0.136 e. The minimum atomic E-state index is -0.203. The summed E-state index contributed by atoms with van der Waals surface area (Å²) < 4.78 is -0.203. The monoisotopic (exact) mass is 209 g/mol. The number of nitrogens with one attached hydrogen (secondary N) is 1. The lowest BCUT2D eigenvalue weighted by Gasteiger charge is -2.20. The second-order valence-corrected chi connectivity index (χ2v) is 5.41. The fourth-order valence-corrected chi connectivity index (χ4v) is 3.01. The van der Waals surface area contributed by atoms with E-state index in [1.165, 1.54) is 10.6 Å². The zero-order chi connectivity index (χ0) is 9.31. The molecule has 0 spiro atoms. The molecule has 0 amide bonds. The number of rotatable bonds is 2. The fourth-order valence-electron chi connectivity index (χ4n) is 1.37. The topological polar surface area (TPSA) is 12.0 Å². The molecule has 1 aromatic rings. The quantitative estimate of drug-likeness (QED) is 0.572. The number of benzene rings is 1. The molecular weight excluding hydrogens is 198 g/mol. The van der Waals surface area contributed by atoms with E-state index in [9.17, 15) is 0 Å². The molecule has 0 saturated heterocycles. The first-order valence-corrected chi connectivity index (χ1v) is 5.39. The van der Waals surface area contributed by atoms with Gasteiger partial charge in [-0.15, -0.1) is 19.2 Å². The lowest BCUT2D eigenvalue weighted by atomic mass is 10.3. The lowest BCUT2D eigenvalue weighted by Crippen LogP contribution is -2.22. The van der Waals surface area contributed by atoms with Crippen molar-refractivity contribution in [2.75, 3.05) is 5.32 Å². The Morgan fingerprint density at radius 2 is 2.31 bits per heavy atom. The van der Waals surface area contributed by atoms with Gasteiger partial charge in [0.2, 0.25) is 0 Å². The van der Waals surface area contributed by atoms with Gasteiger partial charge in [0, 0.05) is 17.0 Å². The Labute approximate surface area is 88.0 Å². The van der Waals surface area contributed by atoms with Crippen LogP contribution >= 0.6 is 24.4 Å². The molecule has 0 saturated carbocycles. The molecule has 0 bridgehead atoms. The molecule has 0 aromatic heterocycles. The summed E-state index contributed by atoms with van der Waals surface area (Å²) in [6.45, 7) is 3.73. The summed E-state index contributed by atoms with van der Waals surface area (Å²) in [5.41, 5.74) is 1.17. The summed E-state index contributed by atoms with van der Waals surface area (Å²) in [6, 6.07) is 8.25. The number of hydrogen-bond donors (Lipinski definition) is 2. The molecule has 0 radical (unpaired) electrons. The molecule has 2 rings (SSSR count). The summed E-state index contributed by atoms with van der Waals surface area (Å²) in [4.78, 5) is 1.26. The van der Waals surface area contributed by atoms with E-state index in [4.69, 9.17) is 0 Å². The van der Waals surface area contributed by atoms with Crippen molar-refractivity contribution >= 4 is 30.1 Å². The van der Waals surface area contributed by atoms with Gasteiger partial charge in [0.1, 0.15) is 4.20 Å². The van der Waals surface area contributed by atoms with E-state index >= 15 is 0 Å². The van der Waals surface area contributed by atoms with Gasteiger partial charge < -0.3 is 5.32 Å². The van der Waals surface area contributed by atoms with Gasteiger partial charge in [0.15, 0.2) is 0 Å². The molecule has 1 atom stereocenters. The van der Waals surface area contributed by atoms with Crippen molar-refractivity contribution in [3.8, 4) is 0 Å². The normalized spacial score (nSPS) is 25.0. The molecule has 13 heavy (non-hydrogen) atoms.